The molecule has 3 heterocycles. The summed E-state index contributed by atoms with van der Waals surface area (Å²) < 4.78 is 6.49. The smallest absolute Gasteiger partial charge is 0.227 e. The summed E-state index contributed by atoms with van der Waals surface area (Å²) >= 11 is 1.67. The number of methoxy groups -OCH3 is 1. The number of carbonyl (C=O) groups is 1. The Morgan fingerprint density at radius 3 is 2.51 bits per heavy atom. The van der Waals surface area contributed by atoms with Gasteiger partial charge in [-0.3, -0.25) is 4.79 Å². The van der Waals surface area contributed by atoms with E-state index in [0.29, 0.717) is 13.0 Å². The fourth-order valence-corrected chi connectivity index (χ4v) is 5.79. The lowest BCUT2D eigenvalue weighted by atomic mass is 10.1. The molecule has 37 heavy (non-hydrogen) atoms. The number of hydrogen-bond donors (Lipinski definition) is 1. The van der Waals surface area contributed by atoms with Crippen molar-refractivity contribution in [3.8, 4) is 10.4 Å². The van der Waals surface area contributed by atoms with Gasteiger partial charge < -0.3 is 19.9 Å². The van der Waals surface area contributed by atoms with Gasteiger partial charge in [0.25, 0.3) is 0 Å². The summed E-state index contributed by atoms with van der Waals surface area (Å²) in [4.78, 5) is 27.3. The fourth-order valence-electron chi connectivity index (χ4n) is 4.72. The molecule has 5 rings (SSSR count). The molecule has 1 unspecified atom stereocenters. The van der Waals surface area contributed by atoms with Crippen molar-refractivity contribution < 1.29 is 9.53 Å². The Hall–Kier alpha value is -3.33. The van der Waals surface area contributed by atoms with Crippen LogP contribution in [0.25, 0.3) is 20.7 Å². The van der Waals surface area contributed by atoms with E-state index in [0.717, 1.165) is 70.3 Å². The number of carbonyl (C=O) groups excluding carboxylic acids is 1. The quantitative estimate of drug-likeness (QED) is 0.343. The highest BCUT2D eigenvalue weighted by molar-refractivity contribution is 7.22. The summed E-state index contributed by atoms with van der Waals surface area (Å²) in [7, 11) is 1.71. The monoisotopic (exact) mass is 515 g/mol. The molecule has 4 aromatic rings. The first-order valence-electron chi connectivity index (χ1n) is 12.8. The molecule has 8 heteroatoms. The van der Waals surface area contributed by atoms with E-state index in [2.05, 4.69) is 69.6 Å². The van der Waals surface area contributed by atoms with Crippen molar-refractivity contribution in [1.82, 2.24) is 19.8 Å². The Balaban J connectivity index is 1.30. The van der Waals surface area contributed by atoms with Crippen LogP contribution in [0.5, 0.6) is 0 Å². The SMILES string of the molecule is CCN1CCN(C(=O)Cc2ccc(-c3cc4ncnc(NC(COC)c5ccccc5)c4s3)cc2)CC1. The van der Waals surface area contributed by atoms with Crippen LogP contribution in [0, 0.1) is 0 Å². The van der Waals surface area contributed by atoms with Gasteiger partial charge in [0, 0.05) is 38.2 Å². The summed E-state index contributed by atoms with van der Waals surface area (Å²) in [6, 6.07) is 20.7. The van der Waals surface area contributed by atoms with E-state index in [1.165, 1.54) is 0 Å². The Bertz CT molecular complexity index is 1320. The first-order chi connectivity index (χ1) is 18.1. The van der Waals surface area contributed by atoms with Gasteiger partial charge in [0.2, 0.25) is 5.91 Å². The van der Waals surface area contributed by atoms with Crippen molar-refractivity contribution in [2.45, 2.75) is 19.4 Å². The molecule has 7 nitrogen and oxygen atoms in total. The number of hydrogen-bond acceptors (Lipinski definition) is 7. The number of aromatic nitrogens is 2. The number of ether oxygens (including phenoxy) is 1. The summed E-state index contributed by atoms with van der Waals surface area (Å²) in [6.45, 7) is 7.31. The van der Waals surface area contributed by atoms with Crippen molar-refractivity contribution in [1.29, 1.82) is 0 Å². The lowest BCUT2D eigenvalue weighted by molar-refractivity contribution is -0.132. The van der Waals surface area contributed by atoms with Gasteiger partial charge in [0.05, 0.1) is 29.3 Å². The van der Waals surface area contributed by atoms with Gasteiger partial charge in [0.1, 0.15) is 12.1 Å². The minimum atomic E-state index is -0.0170. The predicted octanol–water partition coefficient (Wildman–Crippen LogP) is 4.86. The van der Waals surface area contributed by atoms with Crippen LogP contribution in [-0.2, 0) is 16.0 Å². The van der Waals surface area contributed by atoms with Crippen molar-refractivity contribution in [3.05, 3.63) is 78.1 Å². The second-order valence-electron chi connectivity index (χ2n) is 9.30. The summed E-state index contributed by atoms with van der Waals surface area (Å²) in [5.74, 6) is 1.01. The molecule has 0 radical (unpaired) electrons. The topological polar surface area (TPSA) is 70.6 Å². The summed E-state index contributed by atoms with van der Waals surface area (Å²) in [5.41, 5.74) is 4.20. The highest BCUT2D eigenvalue weighted by atomic mass is 32.1. The van der Waals surface area contributed by atoms with Crippen molar-refractivity contribution in [2.75, 3.05) is 51.8 Å². The largest absolute Gasteiger partial charge is 0.382 e. The Morgan fingerprint density at radius 2 is 1.81 bits per heavy atom. The molecule has 0 aliphatic carbocycles. The molecular formula is C29H33N5O2S. The van der Waals surface area contributed by atoms with Crippen LogP contribution in [0.3, 0.4) is 0 Å². The van der Waals surface area contributed by atoms with E-state index in [4.69, 9.17) is 4.74 Å². The van der Waals surface area contributed by atoms with E-state index in [9.17, 15) is 4.79 Å². The second-order valence-corrected chi connectivity index (χ2v) is 10.4. The van der Waals surface area contributed by atoms with Gasteiger partial charge in [0.15, 0.2) is 0 Å². The first-order valence-corrected chi connectivity index (χ1v) is 13.6. The van der Waals surface area contributed by atoms with Crippen molar-refractivity contribution in [2.24, 2.45) is 0 Å². The van der Waals surface area contributed by atoms with Gasteiger partial charge in [-0.15, -0.1) is 11.3 Å². The van der Waals surface area contributed by atoms with Crippen LogP contribution >= 0.6 is 11.3 Å². The van der Waals surface area contributed by atoms with E-state index >= 15 is 0 Å². The van der Waals surface area contributed by atoms with E-state index in [-0.39, 0.29) is 11.9 Å². The molecule has 1 fully saturated rings. The standard InChI is InChI=1S/C29H33N5O2S/c1-3-33-13-15-34(16-14-33)27(35)17-21-9-11-23(12-10-21)26-18-24-28(37-26)29(31-20-30-24)32-25(19-36-2)22-7-5-4-6-8-22/h4-12,18,20,25H,3,13-17,19H2,1-2H3,(H,30,31,32). The third kappa shape index (κ3) is 5.98. The average molecular weight is 516 g/mol. The molecule has 2 aromatic heterocycles. The summed E-state index contributed by atoms with van der Waals surface area (Å²) in [5, 5.41) is 3.56. The number of nitrogens with one attached hydrogen (secondary N) is 1. The number of nitrogens with zero attached hydrogens (tertiary/aromatic N) is 4. The van der Waals surface area contributed by atoms with Gasteiger partial charge >= 0.3 is 0 Å². The second kappa shape index (κ2) is 11.8. The number of benzene rings is 2. The van der Waals surface area contributed by atoms with Crippen LogP contribution in [0.2, 0.25) is 0 Å². The Labute approximate surface area is 222 Å². The molecule has 2 aromatic carbocycles. The zero-order valence-electron chi connectivity index (χ0n) is 21.4. The minimum absolute atomic E-state index is 0.0170. The molecule has 0 bridgehead atoms. The number of piperazine rings is 1. The third-order valence-electron chi connectivity index (χ3n) is 6.92. The highest BCUT2D eigenvalue weighted by Gasteiger charge is 2.20. The fraction of sp³-hybridized carbons (Fsp3) is 0.345. The van der Waals surface area contributed by atoms with Crippen molar-refractivity contribution >= 4 is 33.3 Å². The van der Waals surface area contributed by atoms with Gasteiger partial charge in [-0.1, -0.05) is 61.5 Å². The maximum Gasteiger partial charge on any atom is 0.227 e. The van der Waals surface area contributed by atoms with Gasteiger partial charge in [-0.25, -0.2) is 9.97 Å². The van der Waals surface area contributed by atoms with Crippen LogP contribution in [0.4, 0.5) is 5.82 Å². The average Bonchev–Trinajstić information content (AvgIpc) is 3.39. The van der Waals surface area contributed by atoms with Crippen molar-refractivity contribution in [3.63, 3.8) is 0 Å². The zero-order valence-corrected chi connectivity index (χ0v) is 22.2. The number of rotatable bonds is 9. The molecule has 1 amide bonds. The molecule has 1 atom stereocenters. The highest BCUT2D eigenvalue weighted by Crippen LogP contribution is 2.36. The van der Waals surface area contributed by atoms with Crippen LogP contribution < -0.4 is 5.32 Å². The molecule has 1 aliphatic rings. The zero-order chi connectivity index (χ0) is 25.6. The van der Waals surface area contributed by atoms with E-state index < -0.39 is 0 Å². The molecule has 1 saturated heterocycles. The normalized spacial score (nSPS) is 15.1. The lowest BCUT2D eigenvalue weighted by Crippen LogP contribution is -2.48. The predicted molar refractivity (Wildman–Crippen MR) is 150 cm³/mol. The number of likely N-dealkylation sites (N-methyl/N-ethyl adjacent to an activating group) is 1. The van der Waals surface area contributed by atoms with Crippen LogP contribution in [0.1, 0.15) is 24.1 Å². The lowest BCUT2D eigenvalue weighted by Gasteiger charge is -2.34. The number of thiophene rings is 1. The molecule has 1 N–H and O–H groups in total. The Morgan fingerprint density at radius 1 is 1.05 bits per heavy atom. The molecule has 0 spiro atoms. The minimum Gasteiger partial charge on any atom is -0.382 e. The summed E-state index contributed by atoms with van der Waals surface area (Å²) in [6.07, 6.45) is 2.05. The Kier molecular flexibility index (Phi) is 8.08. The van der Waals surface area contributed by atoms with Crippen LogP contribution in [0.15, 0.2) is 67.0 Å². The first kappa shape index (κ1) is 25.3. The molecular weight excluding hydrogens is 482 g/mol. The van der Waals surface area contributed by atoms with Crippen LogP contribution in [-0.4, -0.2) is 72.1 Å². The molecule has 1 aliphatic heterocycles. The van der Waals surface area contributed by atoms with Gasteiger partial charge in [-0.2, -0.15) is 0 Å². The van der Waals surface area contributed by atoms with Gasteiger partial charge in [-0.05, 0) is 29.3 Å². The number of amides is 1. The number of fused-ring (bicyclic) bond motifs is 1. The van der Waals surface area contributed by atoms with E-state index in [1.54, 1.807) is 24.8 Å². The maximum atomic E-state index is 12.8. The molecule has 192 valence electrons. The van der Waals surface area contributed by atoms with E-state index in [1.807, 2.05) is 23.1 Å². The number of anilines is 1. The molecule has 0 saturated carbocycles. The third-order valence-corrected chi connectivity index (χ3v) is 8.10. The maximum absolute atomic E-state index is 12.8.